The molecule has 0 aliphatic carbocycles. The Morgan fingerprint density at radius 3 is 2.44 bits per heavy atom. The van der Waals surface area contributed by atoms with E-state index in [1.165, 1.54) is 30.1 Å². The molecule has 0 saturated carbocycles. The molecule has 6 heteroatoms. The number of nitrogens with zero attached hydrogens (tertiary/aromatic N) is 2. The molecule has 0 amide bonds. The van der Waals surface area contributed by atoms with Crippen LogP contribution in [0.1, 0.15) is 11.1 Å². The minimum atomic E-state index is -0.294. The van der Waals surface area contributed by atoms with Gasteiger partial charge in [0.15, 0.2) is 5.17 Å². The highest BCUT2D eigenvalue weighted by molar-refractivity contribution is 8.13. The molecule has 0 heterocycles. The normalized spacial score (nSPS) is 11.8. The van der Waals surface area contributed by atoms with Crippen molar-refractivity contribution in [1.82, 2.24) is 0 Å². The van der Waals surface area contributed by atoms with Crippen molar-refractivity contribution < 1.29 is 9.50 Å². The number of aromatic hydroxyl groups is 1. The summed E-state index contributed by atoms with van der Waals surface area (Å²) in [5, 5.41) is 18.3. The van der Waals surface area contributed by atoms with Gasteiger partial charge in [-0.15, -0.1) is 5.10 Å². The zero-order chi connectivity index (χ0) is 19.1. The van der Waals surface area contributed by atoms with Crippen LogP contribution in [0.2, 0.25) is 0 Å². The molecule has 3 aromatic rings. The number of rotatable bonds is 5. The van der Waals surface area contributed by atoms with E-state index in [4.69, 9.17) is 5.73 Å². The van der Waals surface area contributed by atoms with E-state index in [2.05, 4.69) is 10.2 Å². The fraction of sp³-hybridized carbons (Fsp3) is 0.0476. The van der Waals surface area contributed by atoms with Gasteiger partial charge < -0.3 is 10.8 Å². The molecule has 0 bridgehead atoms. The van der Waals surface area contributed by atoms with Crippen molar-refractivity contribution in [2.24, 2.45) is 15.9 Å². The van der Waals surface area contributed by atoms with E-state index in [0.29, 0.717) is 16.5 Å². The van der Waals surface area contributed by atoms with Crippen LogP contribution in [0, 0.1) is 5.82 Å². The quantitative estimate of drug-likeness (QED) is 0.381. The molecule has 27 heavy (non-hydrogen) atoms. The van der Waals surface area contributed by atoms with Gasteiger partial charge in [-0.05, 0) is 41.0 Å². The van der Waals surface area contributed by atoms with Crippen LogP contribution in [0.5, 0.6) is 5.75 Å². The lowest BCUT2D eigenvalue weighted by atomic mass is 10.0. The molecular weight excluding hydrogens is 361 g/mol. The van der Waals surface area contributed by atoms with Gasteiger partial charge in [0.25, 0.3) is 0 Å². The fourth-order valence-electron chi connectivity index (χ4n) is 2.39. The molecule has 0 aliphatic heterocycles. The molecule has 0 spiro atoms. The van der Waals surface area contributed by atoms with E-state index >= 15 is 0 Å². The van der Waals surface area contributed by atoms with Crippen molar-refractivity contribution in [2.45, 2.75) is 5.75 Å². The van der Waals surface area contributed by atoms with E-state index in [1.54, 1.807) is 30.3 Å². The summed E-state index contributed by atoms with van der Waals surface area (Å²) < 4.78 is 13.1. The van der Waals surface area contributed by atoms with E-state index in [0.717, 1.165) is 16.7 Å². The molecule has 0 saturated heterocycles. The second kappa shape index (κ2) is 9.00. The average Bonchev–Trinajstić information content (AvgIpc) is 2.69. The summed E-state index contributed by atoms with van der Waals surface area (Å²) in [6.45, 7) is 0. The Kier molecular flexibility index (Phi) is 6.22. The van der Waals surface area contributed by atoms with Crippen LogP contribution >= 0.6 is 11.8 Å². The Hall–Kier alpha value is -3.12. The highest BCUT2D eigenvalue weighted by atomic mass is 32.2. The second-order valence-corrected chi connectivity index (χ2v) is 6.73. The summed E-state index contributed by atoms with van der Waals surface area (Å²) in [6, 6.07) is 21.2. The first kappa shape index (κ1) is 18.7. The predicted octanol–water partition coefficient (Wildman–Crippen LogP) is 4.78. The number of thioether (sulfide) groups is 1. The lowest BCUT2D eigenvalue weighted by Crippen LogP contribution is -2.06. The Morgan fingerprint density at radius 1 is 1.00 bits per heavy atom. The van der Waals surface area contributed by atoms with Crippen LogP contribution in [-0.2, 0) is 5.75 Å². The summed E-state index contributed by atoms with van der Waals surface area (Å²) in [5.41, 5.74) is 9.19. The Balaban J connectivity index is 1.68. The second-order valence-electron chi connectivity index (χ2n) is 5.74. The molecule has 136 valence electrons. The van der Waals surface area contributed by atoms with Gasteiger partial charge in [-0.1, -0.05) is 60.3 Å². The van der Waals surface area contributed by atoms with Gasteiger partial charge in [-0.3, -0.25) is 0 Å². The number of hydrogen-bond acceptors (Lipinski definition) is 4. The SMILES string of the molecule is NC(=NN=Cc1cc(-c2ccc(F)cc2)ccc1O)SCc1ccccc1. The van der Waals surface area contributed by atoms with Gasteiger partial charge >= 0.3 is 0 Å². The van der Waals surface area contributed by atoms with Gasteiger partial charge in [0.2, 0.25) is 0 Å². The summed E-state index contributed by atoms with van der Waals surface area (Å²) in [4.78, 5) is 0. The summed E-state index contributed by atoms with van der Waals surface area (Å²) >= 11 is 1.39. The smallest absolute Gasteiger partial charge is 0.180 e. The van der Waals surface area contributed by atoms with Crippen molar-refractivity contribution in [3.05, 3.63) is 89.7 Å². The topological polar surface area (TPSA) is 71.0 Å². The molecular formula is C21H18FN3OS. The molecule has 4 nitrogen and oxygen atoms in total. The summed E-state index contributed by atoms with van der Waals surface area (Å²) in [7, 11) is 0. The van der Waals surface area contributed by atoms with E-state index in [1.807, 2.05) is 30.3 Å². The predicted molar refractivity (Wildman–Crippen MR) is 110 cm³/mol. The first-order valence-electron chi connectivity index (χ1n) is 8.24. The Bertz CT molecular complexity index is 957. The summed E-state index contributed by atoms with van der Waals surface area (Å²) in [5.74, 6) is 0.490. The first-order chi connectivity index (χ1) is 13.1. The molecule has 0 aromatic heterocycles. The fourth-order valence-corrected chi connectivity index (χ4v) is 3.00. The number of phenols is 1. The number of nitrogens with two attached hydrogens (primary N) is 1. The van der Waals surface area contributed by atoms with Crippen molar-refractivity contribution in [1.29, 1.82) is 0 Å². The molecule has 0 fully saturated rings. The Morgan fingerprint density at radius 2 is 1.70 bits per heavy atom. The molecule has 0 atom stereocenters. The zero-order valence-electron chi connectivity index (χ0n) is 14.4. The van der Waals surface area contributed by atoms with Gasteiger partial charge in [0.1, 0.15) is 11.6 Å². The molecule has 0 radical (unpaired) electrons. The monoisotopic (exact) mass is 379 g/mol. The van der Waals surface area contributed by atoms with Crippen molar-refractivity contribution >= 4 is 23.1 Å². The van der Waals surface area contributed by atoms with Crippen LogP contribution in [0.15, 0.2) is 83.0 Å². The molecule has 0 aliphatic rings. The van der Waals surface area contributed by atoms with E-state index in [9.17, 15) is 9.50 Å². The lowest BCUT2D eigenvalue weighted by molar-refractivity contribution is 0.474. The maximum Gasteiger partial charge on any atom is 0.180 e. The van der Waals surface area contributed by atoms with Gasteiger partial charge in [0, 0.05) is 11.3 Å². The van der Waals surface area contributed by atoms with Crippen LogP contribution in [0.4, 0.5) is 4.39 Å². The largest absolute Gasteiger partial charge is 0.507 e. The van der Waals surface area contributed by atoms with Crippen molar-refractivity contribution in [2.75, 3.05) is 0 Å². The Labute approximate surface area is 161 Å². The van der Waals surface area contributed by atoms with E-state index in [-0.39, 0.29) is 11.6 Å². The van der Waals surface area contributed by atoms with Crippen LogP contribution in [-0.4, -0.2) is 16.5 Å². The number of amidine groups is 1. The van der Waals surface area contributed by atoms with Gasteiger partial charge in [0.05, 0.1) is 6.21 Å². The first-order valence-corrected chi connectivity index (χ1v) is 9.22. The van der Waals surface area contributed by atoms with E-state index < -0.39 is 0 Å². The molecule has 0 unspecified atom stereocenters. The number of benzene rings is 3. The number of phenolic OH excluding ortho intramolecular Hbond substituents is 1. The third-order valence-electron chi connectivity index (χ3n) is 3.79. The molecule has 3 rings (SSSR count). The highest BCUT2D eigenvalue weighted by Gasteiger charge is 2.03. The summed E-state index contributed by atoms with van der Waals surface area (Å²) in [6.07, 6.45) is 1.44. The van der Waals surface area contributed by atoms with Crippen molar-refractivity contribution in [3.8, 4) is 16.9 Å². The third-order valence-corrected chi connectivity index (χ3v) is 4.64. The van der Waals surface area contributed by atoms with Gasteiger partial charge in [-0.25, -0.2) is 4.39 Å². The van der Waals surface area contributed by atoms with Crippen LogP contribution < -0.4 is 5.73 Å². The minimum absolute atomic E-state index is 0.0790. The highest BCUT2D eigenvalue weighted by Crippen LogP contribution is 2.25. The van der Waals surface area contributed by atoms with Gasteiger partial charge in [-0.2, -0.15) is 5.10 Å². The minimum Gasteiger partial charge on any atom is -0.507 e. The number of hydrogen-bond donors (Lipinski definition) is 2. The third kappa shape index (κ3) is 5.43. The maximum absolute atomic E-state index is 13.1. The molecule has 3 aromatic carbocycles. The van der Waals surface area contributed by atoms with Crippen LogP contribution in [0.3, 0.4) is 0 Å². The average molecular weight is 379 g/mol. The van der Waals surface area contributed by atoms with Crippen molar-refractivity contribution in [3.63, 3.8) is 0 Å². The van der Waals surface area contributed by atoms with Crippen LogP contribution in [0.25, 0.3) is 11.1 Å². The molecule has 3 N–H and O–H groups in total. The maximum atomic E-state index is 13.1. The number of halogens is 1. The zero-order valence-corrected chi connectivity index (χ0v) is 15.2. The lowest BCUT2D eigenvalue weighted by Gasteiger charge is -2.05. The standard InChI is InChI=1S/C21H18FN3OS/c22-19-9-6-16(7-10-19)17-8-11-20(26)18(12-17)13-24-25-21(23)27-14-15-4-2-1-3-5-15/h1-13,26H,14H2,(H2,23,25).